The molecule has 0 saturated carbocycles. The molecular formula is C13H11F2NO2. The van der Waals surface area contributed by atoms with Gasteiger partial charge < -0.3 is 9.84 Å². The summed E-state index contributed by atoms with van der Waals surface area (Å²) >= 11 is 0. The lowest BCUT2D eigenvalue weighted by Gasteiger charge is -2.07. The molecule has 0 aliphatic heterocycles. The molecule has 0 aliphatic rings. The lowest BCUT2D eigenvalue weighted by molar-refractivity contribution is 0.198. The van der Waals surface area contributed by atoms with Gasteiger partial charge in [0.25, 0.3) is 0 Å². The molecule has 0 amide bonds. The zero-order chi connectivity index (χ0) is 13.1. The fraction of sp³-hybridized carbons (Fsp3) is 0.154. The van der Waals surface area contributed by atoms with Crippen LogP contribution >= 0.6 is 0 Å². The van der Waals surface area contributed by atoms with Crippen LogP contribution in [0.3, 0.4) is 0 Å². The van der Waals surface area contributed by atoms with Crippen LogP contribution in [0, 0.1) is 11.6 Å². The molecule has 1 aromatic heterocycles. The van der Waals surface area contributed by atoms with Crippen molar-refractivity contribution in [3.63, 3.8) is 0 Å². The van der Waals surface area contributed by atoms with Crippen molar-refractivity contribution in [3.8, 4) is 11.6 Å². The van der Waals surface area contributed by atoms with Crippen molar-refractivity contribution in [2.45, 2.75) is 13.0 Å². The molecule has 0 spiro atoms. The van der Waals surface area contributed by atoms with E-state index in [1.807, 2.05) is 0 Å². The van der Waals surface area contributed by atoms with E-state index >= 15 is 0 Å². The van der Waals surface area contributed by atoms with Gasteiger partial charge in [0, 0.05) is 18.3 Å². The maximum atomic E-state index is 13.3. The van der Waals surface area contributed by atoms with Gasteiger partial charge >= 0.3 is 0 Å². The molecule has 1 atom stereocenters. The Morgan fingerprint density at radius 1 is 1.22 bits per heavy atom. The van der Waals surface area contributed by atoms with Crippen molar-refractivity contribution < 1.29 is 18.6 Å². The van der Waals surface area contributed by atoms with E-state index in [-0.39, 0.29) is 11.6 Å². The largest absolute Gasteiger partial charge is 0.436 e. The summed E-state index contributed by atoms with van der Waals surface area (Å²) < 4.78 is 31.3. The van der Waals surface area contributed by atoms with Gasteiger partial charge in [-0.2, -0.15) is 0 Å². The molecule has 1 N–H and O–H groups in total. The first kappa shape index (κ1) is 12.4. The van der Waals surface area contributed by atoms with Gasteiger partial charge in [-0.3, -0.25) is 0 Å². The standard InChI is InChI=1S/C13H11F2NO2/c1-8(17)9-2-5-13(16-7-9)18-12-6-10(14)3-4-11(12)15/h2-8,17H,1H3/t8-/m0/s1. The van der Waals surface area contributed by atoms with Gasteiger partial charge in [-0.1, -0.05) is 0 Å². The molecule has 5 heteroatoms. The van der Waals surface area contributed by atoms with E-state index in [2.05, 4.69) is 4.98 Å². The van der Waals surface area contributed by atoms with E-state index in [0.29, 0.717) is 5.56 Å². The van der Waals surface area contributed by atoms with Crippen LogP contribution in [0.4, 0.5) is 8.78 Å². The number of nitrogens with zero attached hydrogens (tertiary/aromatic N) is 1. The molecule has 1 aromatic carbocycles. The molecule has 0 saturated heterocycles. The van der Waals surface area contributed by atoms with E-state index in [1.54, 1.807) is 13.0 Å². The van der Waals surface area contributed by atoms with Crippen molar-refractivity contribution in [1.82, 2.24) is 4.98 Å². The van der Waals surface area contributed by atoms with Crippen LogP contribution in [-0.4, -0.2) is 10.1 Å². The van der Waals surface area contributed by atoms with E-state index in [4.69, 9.17) is 4.74 Å². The number of benzene rings is 1. The highest BCUT2D eigenvalue weighted by atomic mass is 19.1. The first-order valence-electron chi connectivity index (χ1n) is 5.33. The third kappa shape index (κ3) is 2.81. The van der Waals surface area contributed by atoms with Crippen molar-refractivity contribution in [1.29, 1.82) is 0 Å². The Bertz CT molecular complexity index is 541. The highest BCUT2D eigenvalue weighted by Gasteiger charge is 2.08. The first-order valence-corrected chi connectivity index (χ1v) is 5.33. The summed E-state index contributed by atoms with van der Waals surface area (Å²) in [6.45, 7) is 1.60. The maximum absolute atomic E-state index is 13.3. The molecular weight excluding hydrogens is 240 g/mol. The average Bonchev–Trinajstić information content (AvgIpc) is 2.34. The summed E-state index contributed by atoms with van der Waals surface area (Å²) in [7, 11) is 0. The average molecular weight is 251 g/mol. The minimum atomic E-state index is -0.669. The lowest BCUT2D eigenvalue weighted by atomic mass is 10.2. The summed E-state index contributed by atoms with van der Waals surface area (Å²) in [5.41, 5.74) is 0.613. The predicted molar refractivity (Wildman–Crippen MR) is 61.3 cm³/mol. The van der Waals surface area contributed by atoms with Gasteiger partial charge in [0.05, 0.1) is 6.10 Å². The number of hydrogen-bond donors (Lipinski definition) is 1. The Morgan fingerprint density at radius 3 is 2.61 bits per heavy atom. The lowest BCUT2D eigenvalue weighted by Crippen LogP contribution is -1.95. The number of halogens is 2. The van der Waals surface area contributed by atoms with Crippen LogP contribution in [-0.2, 0) is 0 Å². The van der Waals surface area contributed by atoms with Crippen LogP contribution < -0.4 is 4.74 Å². The quantitative estimate of drug-likeness (QED) is 0.910. The molecule has 0 fully saturated rings. The number of rotatable bonds is 3. The van der Waals surface area contributed by atoms with E-state index in [9.17, 15) is 13.9 Å². The second-order valence-corrected chi connectivity index (χ2v) is 3.78. The Morgan fingerprint density at radius 2 is 2.00 bits per heavy atom. The third-order valence-corrected chi connectivity index (χ3v) is 2.35. The van der Waals surface area contributed by atoms with Gasteiger partial charge in [-0.15, -0.1) is 0 Å². The van der Waals surface area contributed by atoms with Crippen LogP contribution in [0.25, 0.3) is 0 Å². The Kier molecular flexibility index (Phi) is 3.53. The molecule has 0 radical (unpaired) electrons. The normalized spacial score (nSPS) is 12.2. The summed E-state index contributed by atoms with van der Waals surface area (Å²) in [6, 6.07) is 6.01. The summed E-state index contributed by atoms with van der Waals surface area (Å²) in [6.07, 6.45) is 0.773. The molecule has 0 aliphatic carbocycles. The SMILES string of the molecule is C[C@H](O)c1ccc(Oc2cc(F)ccc2F)nc1. The first-order chi connectivity index (χ1) is 8.56. The molecule has 0 unspecified atom stereocenters. The van der Waals surface area contributed by atoms with E-state index in [0.717, 1.165) is 18.2 Å². The number of aromatic nitrogens is 1. The molecule has 18 heavy (non-hydrogen) atoms. The van der Waals surface area contributed by atoms with Crippen LogP contribution in [0.2, 0.25) is 0 Å². The van der Waals surface area contributed by atoms with Gasteiger partial charge in [-0.05, 0) is 30.7 Å². The zero-order valence-corrected chi connectivity index (χ0v) is 9.60. The number of hydrogen-bond acceptors (Lipinski definition) is 3. The van der Waals surface area contributed by atoms with Crippen molar-refractivity contribution in [2.75, 3.05) is 0 Å². The Balaban J connectivity index is 2.21. The fourth-order valence-corrected chi connectivity index (χ4v) is 1.37. The zero-order valence-electron chi connectivity index (χ0n) is 9.60. The Labute approximate surface area is 103 Å². The van der Waals surface area contributed by atoms with Gasteiger partial charge in [0.15, 0.2) is 11.6 Å². The molecule has 3 nitrogen and oxygen atoms in total. The minimum absolute atomic E-state index is 0.129. The predicted octanol–water partition coefficient (Wildman–Crippen LogP) is 3.21. The van der Waals surface area contributed by atoms with Crippen LogP contribution in [0.1, 0.15) is 18.6 Å². The Hall–Kier alpha value is -2.01. The van der Waals surface area contributed by atoms with E-state index in [1.165, 1.54) is 12.3 Å². The maximum Gasteiger partial charge on any atom is 0.219 e. The van der Waals surface area contributed by atoms with Crippen molar-refractivity contribution in [2.24, 2.45) is 0 Å². The van der Waals surface area contributed by atoms with Gasteiger partial charge in [0.2, 0.25) is 5.88 Å². The molecule has 2 aromatic rings. The van der Waals surface area contributed by atoms with Gasteiger partial charge in [-0.25, -0.2) is 13.8 Å². The van der Waals surface area contributed by atoms with Crippen LogP contribution in [0.15, 0.2) is 36.5 Å². The van der Waals surface area contributed by atoms with Gasteiger partial charge in [0.1, 0.15) is 5.82 Å². The second kappa shape index (κ2) is 5.10. The molecule has 1 heterocycles. The number of ether oxygens (including phenoxy) is 1. The summed E-state index contributed by atoms with van der Waals surface area (Å²) in [5.74, 6) is -1.36. The fourth-order valence-electron chi connectivity index (χ4n) is 1.37. The molecule has 2 rings (SSSR count). The molecule has 0 bridgehead atoms. The molecule has 94 valence electrons. The topological polar surface area (TPSA) is 42.4 Å². The second-order valence-electron chi connectivity index (χ2n) is 3.78. The van der Waals surface area contributed by atoms with Crippen LogP contribution in [0.5, 0.6) is 11.6 Å². The third-order valence-electron chi connectivity index (χ3n) is 2.35. The van der Waals surface area contributed by atoms with E-state index < -0.39 is 17.7 Å². The summed E-state index contributed by atoms with van der Waals surface area (Å²) in [5, 5.41) is 9.29. The minimum Gasteiger partial charge on any atom is -0.436 e. The monoisotopic (exact) mass is 251 g/mol. The number of aliphatic hydroxyl groups excluding tert-OH is 1. The van der Waals surface area contributed by atoms with Crippen molar-refractivity contribution >= 4 is 0 Å². The number of aliphatic hydroxyl groups is 1. The number of pyridine rings is 1. The smallest absolute Gasteiger partial charge is 0.219 e. The highest BCUT2D eigenvalue weighted by molar-refractivity contribution is 5.30. The van der Waals surface area contributed by atoms with Crippen molar-refractivity contribution in [3.05, 3.63) is 53.7 Å². The highest BCUT2D eigenvalue weighted by Crippen LogP contribution is 2.24. The summed E-state index contributed by atoms with van der Waals surface area (Å²) in [4.78, 5) is 3.89.